The minimum absolute atomic E-state index is 0.0163. The quantitative estimate of drug-likeness (QED) is 0.820. The van der Waals surface area contributed by atoms with E-state index in [1.807, 2.05) is 38.1 Å². The molecule has 21 heavy (non-hydrogen) atoms. The van der Waals surface area contributed by atoms with Crippen LogP contribution in [0.25, 0.3) is 0 Å². The summed E-state index contributed by atoms with van der Waals surface area (Å²) in [6.45, 7) is 13.5. The number of benzene rings is 1. The lowest BCUT2D eigenvalue weighted by Crippen LogP contribution is -2.33. The Balaban J connectivity index is 2.59. The predicted octanol–water partition coefficient (Wildman–Crippen LogP) is 4.13. The van der Waals surface area contributed by atoms with Crippen LogP contribution in [0.1, 0.15) is 51.9 Å². The Kier molecular flexibility index (Phi) is 6.73. The van der Waals surface area contributed by atoms with E-state index in [1.165, 1.54) is 0 Å². The Hall–Kier alpha value is -1.51. The first-order chi connectivity index (χ1) is 9.81. The summed E-state index contributed by atoms with van der Waals surface area (Å²) in [7, 11) is 0. The summed E-state index contributed by atoms with van der Waals surface area (Å²) in [4.78, 5) is 12.2. The second-order valence-electron chi connectivity index (χ2n) is 6.55. The van der Waals surface area contributed by atoms with Crippen LogP contribution in [0.15, 0.2) is 24.3 Å². The summed E-state index contributed by atoms with van der Waals surface area (Å²) in [5.41, 5.74) is 0.678. The van der Waals surface area contributed by atoms with Gasteiger partial charge in [0.05, 0.1) is 6.10 Å². The van der Waals surface area contributed by atoms with Crippen LogP contribution in [0.5, 0.6) is 5.75 Å². The highest BCUT2D eigenvalue weighted by Crippen LogP contribution is 2.20. The van der Waals surface area contributed by atoms with Gasteiger partial charge in [-0.2, -0.15) is 0 Å². The Labute approximate surface area is 129 Å². The van der Waals surface area contributed by atoms with Gasteiger partial charge in [0.2, 0.25) is 0 Å². The van der Waals surface area contributed by atoms with Crippen LogP contribution in [0.3, 0.4) is 0 Å². The Morgan fingerprint density at radius 2 is 1.52 bits per heavy atom. The van der Waals surface area contributed by atoms with Crippen molar-refractivity contribution in [1.82, 2.24) is 5.32 Å². The number of nitrogens with one attached hydrogen (secondary N) is 1. The van der Waals surface area contributed by atoms with Crippen molar-refractivity contribution in [3.8, 4) is 5.75 Å². The Morgan fingerprint density at radius 3 is 1.95 bits per heavy atom. The van der Waals surface area contributed by atoms with Gasteiger partial charge in [0.15, 0.2) is 0 Å². The first kappa shape index (κ1) is 17.5. The van der Waals surface area contributed by atoms with E-state index in [2.05, 4.69) is 33.0 Å². The molecule has 0 saturated heterocycles. The predicted molar refractivity (Wildman–Crippen MR) is 87.7 cm³/mol. The summed E-state index contributed by atoms with van der Waals surface area (Å²) in [5.74, 6) is 2.40. The molecule has 3 nitrogen and oxygen atoms in total. The van der Waals surface area contributed by atoms with Crippen LogP contribution in [-0.4, -0.2) is 18.6 Å². The van der Waals surface area contributed by atoms with Gasteiger partial charge in [-0.1, -0.05) is 27.7 Å². The molecule has 0 spiro atoms. The summed E-state index contributed by atoms with van der Waals surface area (Å²) in [6, 6.07) is 7.31. The van der Waals surface area contributed by atoms with Crippen molar-refractivity contribution in [3.05, 3.63) is 29.8 Å². The van der Waals surface area contributed by atoms with E-state index in [0.29, 0.717) is 23.3 Å². The van der Waals surface area contributed by atoms with Crippen LogP contribution in [0.4, 0.5) is 0 Å². The monoisotopic (exact) mass is 291 g/mol. The molecule has 0 fully saturated rings. The molecule has 1 N–H and O–H groups in total. The molecule has 0 heterocycles. The zero-order valence-corrected chi connectivity index (χ0v) is 14.1. The summed E-state index contributed by atoms with van der Waals surface area (Å²) >= 11 is 0. The average molecular weight is 291 g/mol. The zero-order valence-electron chi connectivity index (χ0n) is 14.1. The van der Waals surface area contributed by atoms with E-state index >= 15 is 0 Å². The molecule has 0 aromatic heterocycles. The molecule has 1 amide bonds. The van der Waals surface area contributed by atoms with Crippen molar-refractivity contribution < 1.29 is 9.53 Å². The lowest BCUT2D eigenvalue weighted by atomic mass is 9.85. The van der Waals surface area contributed by atoms with E-state index in [-0.39, 0.29) is 12.0 Å². The van der Waals surface area contributed by atoms with E-state index in [1.54, 1.807) is 0 Å². The molecule has 1 aromatic rings. The molecule has 1 aromatic carbocycles. The molecule has 0 aliphatic rings. The van der Waals surface area contributed by atoms with Crippen molar-refractivity contribution in [3.63, 3.8) is 0 Å². The largest absolute Gasteiger partial charge is 0.491 e. The number of amides is 1. The van der Waals surface area contributed by atoms with Gasteiger partial charge >= 0.3 is 0 Å². The maximum atomic E-state index is 12.2. The van der Waals surface area contributed by atoms with Gasteiger partial charge in [-0.15, -0.1) is 0 Å². The average Bonchev–Trinajstić information content (AvgIpc) is 2.38. The fourth-order valence-corrected chi connectivity index (χ4v) is 2.51. The first-order valence-corrected chi connectivity index (χ1v) is 7.86. The van der Waals surface area contributed by atoms with Crippen molar-refractivity contribution in [2.24, 2.45) is 17.8 Å². The summed E-state index contributed by atoms with van der Waals surface area (Å²) in [6.07, 6.45) is 0.141. The van der Waals surface area contributed by atoms with E-state index in [0.717, 1.165) is 12.3 Å². The molecule has 0 atom stereocenters. The van der Waals surface area contributed by atoms with Gasteiger partial charge < -0.3 is 10.1 Å². The maximum Gasteiger partial charge on any atom is 0.251 e. The molecule has 0 saturated carbocycles. The van der Waals surface area contributed by atoms with Crippen molar-refractivity contribution in [2.45, 2.75) is 47.6 Å². The highest BCUT2D eigenvalue weighted by molar-refractivity contribution is 5.94. The second-order valence-corrected chi connectivity index (χ2v) is 6.55. The van der Waals surface area contributed by atoms with E-state index in [4.69, 9.17) is 4.74 Å². The molecule has 0 radical (unpaired) electrons. The SMILES string of the molecule is CC(C)Oc1ccc(C(=O)NCC(C(C)C)C(C)C)cc1. The van der Waals surface area contributed by atoms with Crippen LogP contribution in [0.2, 0.25) is 0 Å². The number of carbonyl (C=O) groups excluding carboxylic acids is 1. The standard InChI is InChI=1S/C18H29NO2/c1-12(2)17(13(3)4)11-19-18(20)15-7-9-16(10-8-15)21-14(5)6/h7-10,12-14,17H,11H2,1-6H3,(H,19,20). The van der Waals surface area contributed by atoms with Crippen molar-refractivity contribution >= 4 is 5.91 Å². The molecule has 0 aliphatic carbocycles. The van der Waals surface area contributed by atoms with E-state index < -0.39 is 0 Å². The number of hydrogen-bond donors (Lipinski definition) is 1. The smallest absolute Gasteiger partial charge is 0.251 e. The lowest BCUT2D eigenvalue weighted by molar-refractivity contribution is 0.0937. The van der Waals surface area contributed by atoms with Gasteiger partial charge in [0.1, 0.15) is 5.75 Å². The fraction of sp³-hybridized carbons (Fsp3) is 0.611. The van der Waals surface area contributed by atoms with Crippen LogP contribution < -0.4 is 10.1 Å². The third-order valence-corrected chi connectivity index (χ3v) is 3.70. The minimum atomic E-state index is -0.0163. The maximum absolute atomic E-state index is 12.2. The number of carbonyl (C=O) groups is 1. The third kappa shape index (κ3) is 5.78. The normalized spacial score (nSPS) is 11.5. The molecule has 118 valence electrons. The third-order valence-electron chi connectivity index (χ3n) is 3.70. The van der Waals surface area contributed by atoms with Crippen LogP contribution >= 0.6 is 0 Å². The molecule has 1 rings (SSSR count). The second kappa shape index (κ2) is 8.06. The van der Waals surface area contributed by atoms with Gasteiger partial charge in [0, 0.05) is 12.1 Å². The zero-order chi connectivity index (χ0) is 16.0. The minimum Gasteiger partial charge on any atom is -0.491 e. The van der Waals surface area contributed by atoms with Gasteiger partial charge in [-0.3, -0.25) is 4.79 Å². The molecule has 3 heteroatoms. The van der Waals surface area contributed by atoms with Crippen molar-refractivity contribution in [1.29, 1.82) is 0 Å². The van der Waals surface area contributed by atoms with Crippen LogP contribution in [0, 0.1) is 17.8 Å². The number of rotatable bonds is 7. The van der Waals surface area contributed by atoms with Gasteiger partial charge in [0.25, 0.3) is 5.91 Å². The lowest BCUT2D eigenvalue weighted by Gasteiger charge is -2.25. The van der Waals surface area contributed by atoms with Gasteiger partial charge in [-0.05, 0) is 55.9 Å². The molecule has 0 bridgehead atoms. The molecule has 0 unspecified atom stereocenters. The van der Waals surface area contributed by atoms with Gasteiger partial charge in [-0.25, -0.2) is 0 Å². The fourth-order valence-electron chi connectivity index (χ4n) is 2.51. The Morgan fingerprint density at radius 1 is 1.00 bits per heavy atom. The molecular weight excluding hydrogens is 262 g/mol. The van der Waals surface area contributed by atoms with Crippen LogP contribution in [-0.2, 0) is 0 Å². The molecule has 0 aliphatic heterocycles. The highest BCUT2D eigenvalue weighted by Gasteiger charge is 2.18. The van der Waals surface area contributed by atoms with E-state index in [9.17, 15) is 4.79 Å². The number of hydrogen-bond acceptors (Lipinski definition) is 2. The highest BCUT2D eigenvalue weighted by atomic mass is 16.5. The summed E-state index contributed by atoms with van der Waals surface area (Å²) in [5, 5.41) is 3.04. The number of ether oxygens (including phenoxy) is 1. The first-order valence-electron chi connectivity index (χ1n) is 7.86. The van der Waals surface area contributed by atoms with Crippen molar-refractivity contribution in [2.75, 3.05) is 6.54 Å². The summed E-state index contributed by atoms with van der Waals surface area (Å²) < 4.78 is 5.58. The Bertz CT molecular complexity index is 427. The topological polar surface area (TPSA) is 38.3 Å². The molecular formula is C18H29NO2.